The summed E-state index contributed by atoms with van der Waals surface area (Å²) < 4.78 is 24.3. The summed E-state index contributed by atoms with van der Waals surface area (Å²) in [6.07, 6.45) is 3.03. The van der Waals surface area contributed by atoms with Crippen LogP contribution in [0.5, 0.6) is 11.5 Å². The van der Waals surface area contributed by atoms with E-state index in [1.54, 1.807) is 48.5 Å². The van der Waals surface area contributed by atoms with Gasteiger partial charge < -0.3 is 23.7 Å². The number of carbonyl (C=O) groups is 2. The Morgan fingerprint density at radius 2 is 1.83 bits per heavy atom. The first-order chi connectivity index (χ1) is 20.2. The highest BCUT2D eigenvalue weighted by Crippen LogP contribution is 2.35. The van der Waals surface area contributed by atoms with Crippen molar-refractivity contribution >= 4 is 29.4 Å². The fraction of sp³-hybridized carbons (Fsp3) is 0.226. The van der Waals surface area contributed by atoms with Crippen LogP contribution in [0.4, 0.5) is 0 Å². The van der Waals surface area contributed by atoms with Crippen LogP contribution in [-0.2, 0) is 9.53 Å². The second-order valence-corrected chi connectivity index (χ2v) is 10.3. The van der Waals surface area contributed by atoms with E-state index in [4.69, 9.17) is 18.6 Å². The Kier molecular flexibility index (Phi) is 8.12. The van der Waals surface area contributed by atoms with Gasteiger partial charge in [-0.3, -0.25) is 9.36 Å². The summed E-state index contributed by atoms with van der Waals surface area (Å²) in [7, 11) is 1.28. The highest BCUT2D eigenvalue weighted by molar-refractivity contribution is 7.07. The molecule has 1 aliphatic rings. The third kappa shape index (κ3) is 5.38. The summed E-state index contributed by atoms with van der Waals surface area (Å²) in [5, 5.41) is 9.38. The monoisotopic (exact) mass is 588 g/mol. The van der Waals surface area contributed by atoms with Crippen LogP contribution in [0.1, 0.15) is 47.1 Å². The molecule has 0 amide bonds. The summed E-state index contributed by atoms with van der Waals surface area (Å²) in [6.45, 7) is 6.43. The number of carbonyl (C=O) groups excluding carboxylic acids is 1. The fourth-order valence-electron chi connectivity index (χ4n) is 4.71. The summed E-state index contributed by atoms with van der Waals surface area (Å²) in [6, 6.07) is 12.7. The van der Waals surface area contributed by atoms with Gasteiger partial charge >= 0.3 is 11.9 Å². The minimum absolute atomic E-state index is 0.144. The van der Waals surface area contributed by atoms with E-state index in [9.17, 15) is 19.5 Å². The van der Waals surface area contributed by atoms with E-state index in [-0.39, 0.29) is 16.7 Å². The lowest BCUT2D eigenvalue weighted by atomic mass is 9.97. The van der Waals surface area contributed by atoms with Gasteiger partial charge in [-0.25, -0.2) is 14.6 Å². The summed E-state index contributed by atoms with van der Waals surface area (Å²) in [4.78, 5) is 42.9. The average Bonchev–Trinajstić information content (AvgIpc) is 3.57. The molecule has 3 heterocycles. The quantitative estimate of drug-likeness (QED) is 0.290. The molecule has 0 saturated heterocycles. The first-order valence-electron chi connectivity index (χ1n) is 13.2. The van der Waals surface area contributed by atoms with Gasteiger partial charge in [0, 0.05) is 17.8 Å². The van der Waals surface area contributed by atoms with Crippen LogP contribution in [-0.4, -0.2) is 41.9 Å². The number of methoxy groups -OCH3 is 1. The molecule has 4 aromatic rings. The zero-order chi connectivity index (χ0) is 30.0. The van der Waals surface area contributed by atoms with Gasteiger partial charge in [0.15, 0.2) is 16.3 Å². The first-order valence-corrected chi connectivity index (χ1v) is 14.0. The van der Waals surface area contributed by atoms with Crippen LogP contribution in [0.15, 0.2) is 74.5 Å². The molecular formula is C31H28N2O8S. The van der Waals surface area contributed by atoms with Gasteiger partial charge in [-0.15, -0.1) is 0 Å². The highest BCUT2D eigenvalue weighted by Gasteiger charge is 2.31. The Hall–Kier alpha value is -4.90. The number of esters is 1. The van der Waals surface area contributed by atoms with Crippen molar-refractivity contribution in [1.82, 2.24) is 4.57 Å². The minimum atomic E-state index is -1.04. The van der Waals surface area contributed by atoms with E-state index < -0.39 is 18.0 Å². The molecule has 2 aromatic heterocycles. The van der Waals surface area contributed by atoms with Crippen LogP contribution in [0.25, 0.3) is 17.4 Å². The molecule has 10 nitrogen and oxygen atoms in total. The predicted molar refractivity (Wildman–Crippen MR) is 156 cm³/mol. The molecule has 1 N–H and O–H groups in total. The standard InChI is InChI=1S/C31H28N2O8S/c1-5-39-24-11-9-18(14-25(24)40-6-2)27-22(30(37)38-4)16-32-31-33(27)28(34)26(42-31)15-20-10-12-23(41-20)21-13-19(29(35)36)8-7-17(21)3/h7-16,27H,5-6H2,1-4H3,(H,35,36)/b26-15-/t27-/m1/s1. The number of fused-ring (bicyclic) bond motifs is 1. The number of aryl methyl sites for hydroxylation is 1. The third-order valence-electron chi connectivity index (χ3n) is 6.66. The van der Waals surface area contributed by atoms with Crippen LogP contribution in [0, 0.1) is 6.92 Å². The van der Waals surface area contributed by atoms with Gasteiger partial charge in [0.1, 0.15) is 11.5 Å². The maximum absolute atomic E-state index is 13.8. The number of hydrogen-bond donors (Lipinski definition) is 1. The molecule has 0 fully saturated rings. The maximum Gasteiger partial charge on any atom is 0.337 e. The first kappa shape index (κ1) is 28.6. The molecule has 0 unspecified atom stereocenters. The number of aromatic nitrogens is 1. The third-order valence-corrected chi connectivity index (χ3v) is 7.66. The van der Waals surface area contributed by atoms with Gasteiger partial charge in [-0.1, -0.05) is 23.5 Å². The molecule has 1 atom stereocenters. The van der Waals surface area contributed by atoms with E-state index in [1.165, 1.54) is 23.9 Å². The lowest BCUT2D eigenvalue weighted by Gasteiger charge is -2.23. The second-order valence-electron chi connectivity index (χ2n) is 9.29. The molecule has 1 aliphatic heterocycles. The van der Waals surface area contributed by atoms with Crippen molar-refractivity contribution in [2.24, 2.45) is 4.99 Å². The molecule has 11 heteroatoms. The van der Waals surface area contributed by atoms with Crippen molar-refractivity contribution in [2.75, 3.05) is 20.3 Å². The van der Waals surface area contributed by atoms with Crippen molar-refractivity contribution in [2.45, 2.75) is 26.8 Å². The molecule has 216 valence electrons. The normalized spacial score (nSPS) is 14.5. The van der Waals surface area contributed by atoms with E-state index in [2.05, 4.69) is 4.99 Å². The molecule has 0 saturated carbocycles. The van der Waals surface area contributed by atoms with E-state index in [0.29, 0.717) is 56.7 Å². The fourth-order valence-corrected chi connectivity index (χ4v) is 5.66. The van der Waals surface area contributed by atoms with Gasteiger partial charge in [0.25, 0.3) is 5.56 Å². The Balaban J connectivity index is 1.61. The number of nitrogens with zero attached hydrogens (tertiary/aromatic N) is 2. The number of thiazole rings is 1. The number of furan rings is 1. The summed E-state index contributed by atoms with van der Waals surface area (Å²) >= 11 is 1.15. The van der Waals surface area contributed by atoms with Crippen molar-refractivity contribution < 1.29 is 33.3 Å². The molecule has 5 rings (SSSR count). The topological polar surface area (TPSA) is 130 Å². The van der Waals surface area contributed by atoms with Crippen LogP contribution < -0.4 is 24.4 Å². The zero-order valence-corrected chi connectivity index (χ0v) is 24.2. The number of benzene rings is 2. The second kappa shape index (κ2) is 11.9. The Bertz CT molecular complexity index is 1900. The highest BCUT2D eigenvalue weighted by atomic mass is 32.1. The molecular weight excluding hydrogens is 560 g/mol. The molecule has 2 aromatic carbocycles. The zero-order valence-electron chi connectivity index (χ0n) is 23.4. The molecule has 0 radical (unpaired) electrons. The number of aromatic carboxylic acids is 1. The summed E-state index contributed by atoms with van der Waals surface area (Å²) in [5.74, 6) is 0.269. The number of carboxylic acids is 1. The summed E-state index contributed by atoms with van der Waals surface area (Å²) in [5.41, 5.74) is 2.07. The predicted octanol–water partition coefficient (Wildman–Crippen LogP) is 4.08. The van der Waals surface area contributed by atoms with Crippen LogP contribution in [0.3, 0.4) is 0 Å². The lowest BCUT2D eigenvalue weighted by Crippen LogP contribution is -2.39. The smallest absolute Gasteiger partial charge is 0.337 e. The number of carboxylic acid groups (broad SMARTS) is 1. The van der Waals surface area contributed by atoms with Crippen molar-refractivity contribution in [3.8, 4) is 22.8 Å². The van der Waals surface area contributed by atoms with Crippen LogP contribution in [0.2, 0.25) is 0 Å². The largest absolute Gasteiger partial charge is 0.490 e. The van der Waals surface area contributed by atoms with Gasteiger partial charge in [0.05, 0.1) is 42.0 Å². The SMILES string of the molecule is CCOc1ccc([C@@H]2C(C(=O)OC)=CN=c3s/c(=C\c4ccc(-c5cc(C(=O)O)ccc5C)o4)c(=O)n32)cc1OCC. The molecule has 0 bridgehead atoms. The number of ether oxygens (including phenoxy) is 3. The van der Waals surface area contributed by atoms with E-state index >= 15 is 0 Å². The Morgan fingerprint density at radius 1 is 1.07 bits per heavy atom. The molecule has 0 spiro atoms. The Labute approximate surface area is 244 Å². The minimum Gasteiger partial charge on any atom is -0.490 e. The van der Waals surface area contributed by atoms with E-state index in [1.807, 2.05) is 20.8 Å². The van der Waals surface area contributed by atoms with Crippen LogP contribution >= 0.6 is 11.3 Å². The van der Waals surface area contributed by atoms with E-state index in [0.717, 1.165) is 16.9 Å². The maximum atomic E-state index is 13.8. The van der Waals surface area contributed by atoms with Crippen molar-refractivity contribution in [3.05, 3.63) is 102 Å². The van der Waals surface area contributed by atoms with Crippen molar-refractivity contribution in [1.29, 1.82) is 0 Å². The average molecular weight is 589 g/mol. The number of rotatable bonds is 9. The van der Waals surface area contributed by atoms with Crippen molar-refractivity contribution in [3.63, 3.8) is 0 Å². The number of hydrogen-bond acceptors (Lipinski definition) is 9. The Morgan fingerprint density at radius 3 is 2.55 bits per heavy atom. The van der Waals surface area contributed by atoms with Gasteiger partial charge in [-0.05, 0) is 68.3 Å². The van der Waals surface area contributed by atoms with Gasteiger partial charge in [0.2, 0.25) is 0 Å². The molecule has 0 aliphatic carbocycles. The molecule has 42 heavy (non-hydrogen) atoms. The lowest BCUT2D eigenvalue weighted by molar-refractivity contribution is -0.136. The van der Waals surface area contributed by atoms with Gasteiger partial charge in [-0.2, -0.15) is 0 Å².